The topological polar surface area (TPSA) is 107 Å². The number of rotatable bonds is 5. The largest absolute Gasteiger partial charge is 0.462 e. The highest BCUT2D eigenvalue weighted by atomic mass is 16.6. The molecule has 8 heteroatoms. The Labute approximate surface area is 119 Å². The molecular weight excluding hydrogens is 278 g/mol. The van der Waals surface area contributed by atoms with Crippen LogP contribution < -0.4 is 0 Å². The van der Waals surface area contributed by atoms with Gasteiger partial charge in [-0.2, -0.15) is 5.10 Å². The number of aliphatic hydroxyl groups is 1. The Balaban J connectivity index is 2.34. The molecule has 8 nitrogen and oxygen atoms in total. The number of hydrogen-bond acceptors (Lipinski definition) is 6. The first-order valence-corrected chi connectivity index (χ1v) is 6.17. The molecule has 0 atom stereocenters. The van der Waals surface area contributed by atoms with Crippen LogP contribution in [0.2, 0.25) is 0 Å². The minimum absolute atomic E-state index is 0.168. The van der Waals surface area contributed by atoms with Crippen molar-refractivity contribution in [3.63, 3.8) is 0 Å². The molecule has 0 amide bonds. The van der Waals surface area contributed by atoms with Crippen LogP contribution in [0.3, 0.4) is 0 Å². The summed E-state index contributed by atoms with van der Waals surface area (Å²) in [4.78, 5) is 21.8. The summed E-state index contributed by atoms with van der Waals surface area (Å²) in [5, 5.41) is 24.0. The molecule has 110 valence electrons. The molecular formula is C13H13N3O5. The molecule has 1 aromatic heterocycles. The molecule has 0 unspecified atom stereocenters. The van der Waals surface area contributed by atoms with Gasteiger partial charge in [-0.1, -0.05) is 0 Å². The van der Waals surface area contributed by atoms with Crippen LogP contribution in [-0.2, 0) is 11.3 Å². The highest BCUT2D eigenvalue weighted by Gasteiger charge is 2.15. The van der Waals surface area contributed by atoms with Gasteiger partial charge in [-0.25, -0.2) is 9.48 Å². The molecule has 0 saturated carbocycles. The number of carbonyl (C=O) groups is 1. The van der Waals surface area contributed by atoms with Gasteiger partial charge in [0.1, 0.15) is 0 Å². The van der Waals surface area contributed by atoms with Gasteiger partial charge in [-0.3, -0.25) is 10.1 Å². The Hall–Kier alpha value is -2.74. The Morgan fingerprint density at radius 3 is 2.90 bits per heavy atom. The van der Waals surface area contributed by atoms with Crippen molar-refractivity contribution in [1.29, 1.82) is 0 Å². The van der Waals surface area contributed by atoms with Crippen molar-refractivity contribution >= 4 is 11.7 Å². The Kier molecular flexibility index (Phi) is 4.29. The molecule has 1 aromatic carbocycles. The van der Waals surface area contributed by atoms with Crippen molar-refractivity contribution in [3.05, 3.63) is 51.8 Å². The first-order chi connectivity index (χ1) is 10.1. The molecule has 0 spiro atoms. The second-order valence-corrected chi connectivity index (χ2v) is 4.12. The average molecular weight is 291 g/mol. The van der Waals surface area contributed by atoms with Gasteiger partial charge in [0, 0.05) is 12.3 Å². The van der Waals surface area contributed by atoms with E-state index in [0.29, 0.717) is 5.69 Å². The van der Waals surface area contributed by atoms with Crippen molar-refractivity contribution < 1.29 is 19.6 Å². The third-order valence-electron chi connectivity index (χ3n) is 2.79. The Bertz CT molecular complexity index is 680. The third-order valence-corrected chi connectivity index (χ3v) is 2.79. The number of hydrogen-bond donors (Lipinski definition) is 1. The molecule has 0 fully saturated rings. The fourth-order valence-corrected chi connectivity index (χ4v) is 1.80. The summed E-state index contributed by atoms with van der Waals surface area (Å²) in [6.07, 6.45) is 2.80. The van der Waals surface area contributed by atoms with Crippen LogP contribution in [0.25, 0.3) is 5.69 Å². The monoisotopic (exact) mass is 291 g/mol. The first kappa shape index (κ1) is 14.7. The molecule has 0 aliphatic carbocycles. The van der Waals surface area contributed by atoms with E-state index in [-0.39, 0.29) is 23.4 Å². The Morgan fingerprint density at radius 2 is 2.29 bits per heavy atom. The Morgan fingerprint density at radius 1 is 1.52 bits per heavy atom. The number of nitro groups is 1. The van der Waals surface area contributed by atoms with Crippen LogP contribution in [0.1, 0.15) is 22.8 Å². The average Bonchev–Trinajstić information content (AvgIpc) is 2.96. The normalized spacial score (nSPS) is 10.4. The van der Waals surface area contributed by atoms with Crippen LogP contribution in [0.15, 0.2) is 30.6 Å². The van der Waals surface area contributed by atoms with Gasteiger partial charge in [0.25, 0.3) is 5.69 Å². The van der Waals surface area contributed by atoms with Gasteiger partial charge in [0.05, 0.1) is 41.1 Å². The lowest BCUT2D eigenvalue weighted by Gasteiger charge is -2.04. The predicted molar refractivity (Wildman–Crippen MR) is 72.1 cm³/mol. The summed E-state index contributed by atoms with van der Waals surface area (Å²) >= 11 is 0. The van der Waals surface area contributed by atoms with E-state index in [0.717, 1.165) is 0 Å². The molecule has 0 saturated heterocycles. The van der Waals surface area contributed by atoms with Crippen molar-refractivity contribution in [2.75, 3.05) is 6.61 Å². The van der Waals surface area contributed by atoms with E-state index in [9.17, 15) is 20.0 Å². The summed E-state index contributed by atoms with van der Waals surface area (Å²) in [5.74, 6) is -0.493. The van der Waals surface area contributed by atoms with E-state index in [2.05, 4.69) is 5.10 Å². The first-order valence-electron chi connectivity index (χ1n) is 6.17. The van der Waals surface area contributed by atoms with Crippen molar-refractivity contribution in [2.24, 2.45) is 0 Å². The van der Waals surface area contributed by atoms with Crippen LogP contribution in [0.5, 0.6) is 0 Å². The van der Waals surface area contributed by atoms with Gasteiger partial charge in [-0.05, 0) is 19.1 Å². The van der Waals surface area contributed by atoms with Crippen LogP contribution in [0.4, 0.5) is 5.69 Å². The number of nitro benzene ring substituents is 1. The number of aromatic nitrogens is 2. The SMILES string of the molecule is CCOC(=O)c1cnn(-c2ccc([N+](=O)[O-])c(CO)c2)c1. The van der Waals surface area contributed by atoms with E-state index in [4.69, 9.17) is 4.74 Å². The van der Waals surface area contributed by atoms with Crippen LogP contribution >= 0.6 is 0 Å². The highest BCUT2D eigenvalue weighted by molar-refractivity contribution is 5.88. The molecule has 0 radical (unpaired) electrons. The quantitative estimate of drug-likeness (QED) is 0.507. The number of benzene rings is 1. The lowest BCUT2D eigenvalue weighted by Crippen LogP contribution is -2.03. The van der Waals surface area contributed by atoms with Gasteiger partial charge in [0.15, 0.2) is 0 Å². The third kappa shape index (κ3) is 3.06. The standard InChI is InChI=1S/C13H13N3O5/c1-2-21-13(18)10-6-14-15(7-10)11-3-4-12(16(19)20)9(5-11)8-17/h3-7,17H,2,8H2,1H3. The van der Waals surface area contributed by atoms with Crippen LogP contribution in [0, 0.1) is 10.1 Å². The molecule has 0 aliphatic rings. The fraction of sp³-hybridized carbons (Fsp3) is 0.231. The summed E-state index contributed by atoms with van der Waals surface area (Å²) in [6.45, 7) is 1.50. The maximum absolute atomic E-state index is 11.6. The fourth-order valence-electron chi connectivity index (χ4n) is 1.80. The van der Waals surface area contributed by atoms with E-state index >= 15 is 0 Å². The zero-order valence-electron chi connectivity index (χ0n) is 11.2. The van der Waals surface area contributed by atoms with Crippen molar-refractivity contribution in [3.8, 4) is 5.69 Å². The number of ether oxygens (including phenoxy) is 1. The summed E-state index contributed by atoms with van der Waals surface area (Å²) in [7, 11) is 0. The number of esters is 1. The lowest BCUT2D eigenvalue weighted by molar-refractivity contribution is -0.385. The molecule has 2 aromatic rings. The molecule has 0 aliphatic heterocycles. The van der Waals surface area contributed by atoms with Crippen LogP contribution in [-0.4, -0.2) is 32.4 Å². The molecule has 1 N–H and O–H groups in total. The zero-order valence-corrected chi connectivity index (χ0v) is 11.2. The molecule has 1 heterocycles. The smallest absolute Gasteiger partial charge is 0.341 e. The number of carbonyl (C=O) groups excluding carboxylic acids is 1. The van der Waals surface area contributed by atoms with E-state index in [1.807, 2.05) is 0 Å². The summed E-state index contributed by atoms with van der Waals surface area (Å²) < 4.78 is 6.24. The minimum atomic E-state index is -0.567. The minimum Gasteiger partial charge on any atom is -0.462 e. The second kappa shape index (κ2) is 6.14. The van der Waals surface area contributed by atoms with E-state index in [1.165, 1.54) is 35.3 Å². The number of aliphatic hydroxyl groups excluding tert-OH is 1. The maximum atomic E-state index is 11.6. The summed E-state index contributed by atoms with van der Waals surface area (Å²) in [6, 6.07) is 4.21. The van der Waals surface area contributed by atoms with Gasteiger partial charge in [0.2, 0.25) is 0 Å². The second-order valence-electron chi connectivity index (χ2n) is 4.12. The molecule has 2 rings (SSSR count). The highest BCUT2D eigenvalue weighted by Crippen LogP contribution is 2.22. The zero-order chi connectivity index (χ0) is 15.4. The molecule has 0 bridgehead atoms. The van der Waals surface area contributed by atoms with Gasteiger partial charge >= 0.3 is 5.97 Å². The van der Waals surface area contributed by atoms with E-state index < -0.39 is 17.5 Å². The van der Waals surface area contributed by atoms with Crippen molar-refractivity contribution in [1.82, 2.24) is 9.78 Å². The summed E-state index contributed by atoms with van der Waals surface area (Å²) in [5.41, 5.74) is 0.783. The van der Waals surface area contributed by atoms with Gasteiger partial charge < -0.3 is 9.84 Å². The maximum Gasteiger partial charge on any atom is 0.341 e. The van der Waals surface area contributed by atoms with Gasteiger partial charge in [-0.15, -0.1) is 0 Å². The lowest BCUT2D eigenvalue weighted by atomic mass is 10.1. The molecule has 21 heavy (non-hydrogen) atoms. The number of nitrogens with zero attached hydrogens (tertiary/aromatic N) is 3. The van der Waals surface area contributed by atoms with Crippen molar-refractivity contribution in [2.45, 2.75) is 13.5 Å². The van der Waals surface area contributed by atoms with E-state index in [1.54, 1.807) is 6.92 Å². The predicted octanol–water partition coefficient (Wildman–Crippen LogP) is 1.45.